The third kappa shape index (κ3) is 4.91. The van der Waals surface area contributed by atoms with Crippen molar-refractivity contribution in [1.29, 1.82) is 0 Å². The molecule has 0 fully saturated rings. The molecule has 8 heteroatoms. The van der Waals surface area contributed by atoms with Crippen LogP contribution in [0.4, 0.5) is 9.18 Å². The van der Waals surface area contributed by atoms with Gasteiger partial charge in [0.05, 0.1) is 16.5 Å². The molecule has 31 heavy (non-hydrogen) atoms. The first-order chi connectivity index (χ1) is 14.9. The minimum absolute atomic E-state index is 0.288. The summed E-state index contributed by atoms with van der Waals surface area (Å²) >= 11 is 6.70. The number of carboxylic acid groups (broad SMARTS) is 1. The number of aromatic nitrogens is 1. The van der Waals surface area contributed by atoms with Gasteiger partial charge in [-0.25, -0.2) is 9.18 Å². The highest BCUT2D eigenvalue weighted by Gasteiger charge is 2.12. The lowest BCUT2D eigenvalue weighted by Crippen LogP contribution is -2.04. The number of halogens is 3. The number of carbonyl (C=O) groups is 1. The quantitative estimate of drug-likeness (QED) is 0.208. The highest BCUT2D eigenvalue weighted by Crippen LogP contribution is 2.30. The molecule has 1 N–H and O–H groups in total. The van der Waals surface area contributed by atoms with Gasteiger partial charge in [-0.3, -0.25) is 0 Å². The van der Waals surface area contributed by atoms with Gasteiger partial charge in [0.25, 0.3) is 0 Å². The van der Waals surface area contributed by atoms with Crippen LogP contribution in [-0.4, -0.2) is 15.8 Å². The van der Waals surface area contributed by atoms with Crippen molar-refractivity contribution in [2.24, 2.45) is 0 Å². The summed E-state index contributed by atoms with van der Waals surface area (Å²) in [7, 11) is 0. The highest BCUT2D eigenvalue weighted by molar-refractivity contribution is 9.10. The molecule has 4 aromatic rings. The SMILES string of the molecule is O=C(O)Oc1cccc2c1ccn2Cc1cc(Br)ccc1OCc1ccc(F)c(Br)c1. The van der Waals surface area contributed by atoms with Crippen LogP contribution in [0.2, 0.25) is 0 Å². The summed E-state index contributed by atoms with van der Waals surface area (Å²) in [6, 6.07) is 17.6. The predicted octanol–water partition coefficient (Wildman–Crippen LogP) is 6.99. The van der Waals surface area contributed by atoms with Gasteiger partial charge in [0, 0.05) is 21.6 Å². The zero-order valence-corrected chi connectivity index (χ0v) is 19.2. The molecule has 0 unspecified atom stereocenters. The first kappa shape index (κ1) is 21.4. The molecule has 0 saturated carbocycles. The predicted molar refractivity (Wildman–Crippen MR) is 122 cm³/mol. The first-order valence-corrected chi connectivity index (χ1v) is 10.8. The third-order valence-corrected chi connectivity index (χ3v) is 5.81. The Kier molecular flexibility index (Phi) is 6.29. The number of rotatable bonds is 6. The van der Waals surface area contributed by atoms with Crippen molar-refractivity contribution >= 4 is 48.9 Å². The normalized spacial score (nSPS) is 10.9. The fourth-order valence-electron chi connectivity index (χ4n) is 3.30. The number of ether oxygens (including phenoxy) is 2. The minimum Gasteiger partial charge on any atom is -0.489 e. The Bertz CT molecular complexity index is 1270. The molecule has 1 heterocycles. The van der Waals surface area contributed by atoms with Crippen molar-refractivity contribution in [2.75, 3.05) is 0 Å². The van der Waals surface area contributed by atoms with Gasteiger partial charge in [-0.2, -0.15) is 0 Å². The average molecular weight is 549 g/mol. The van der Waals surface area contributed by atoms with E-state index in [1.165, 1.54) is 6.07 Å². The molecule has 5 nitrogen and oxygen atoms in total. The van der Waals surface area contributed by atoms with E-state index in [0.29, 0.717) is 22.2 Å². The van der Waals surface area contributed by atoms with E-state index >= 15 is 0 Å². The fraction of sp³-hybridized carbons (Fsp3) is 0.0870. The van der Waals surface area contributed by atoms with Crippen molar-refractivity contribution in [3.8, 4) is 11.5 Å². The molecule has 0 spiro atoms. The summed E-state index contributed by atoms with van der Waals surface area (Å²) < 4.78 is 27.7. The maximum absolute atomic E-state index is 13.5. The Morgan fingerprint density at radius 2 is 1.87 bits per heavy atom. The molecule has 0 saturated heterocycles. The number of hydrogen-bond acceptors (Lipinski definition) is 3. The number of nitrogens with zero attached hydrogens (tertiary/aromatic N) is 1. The van der Waals surface area contributed by atoms with Crippen molar-refractivity contribution in [3.63, 3.8) is 0 Å². The van der Waals surface area contributed by atoms with Crippen LogP contribution in [0.1, 0.15) is 11.1 Å². The van der Waals surface area contributed by atoms with Crippen LogP contribution in [-0.2, 0) is 13.2 Å². The van der Waals surface area contributed by atoms with Crippen LogP contribution < -0.4 is 9.47 Å². The maximum Gasteiger partial charge on any atom is 0.511 e. The summed E-state index contributed by atoms with van der Waals surface area (Å²) in [5.41, 5.74) is 2.61. The average Bonchev–Trinajstić information content (AvgIpc) is 3.13. The van der Waals surface area contributed by atoms with Gasteiger partial charge >= 0.3 is 6.16 Å². The molecular weight excluding hydrogens is 533 g/mol. The molecule has 0 aliphatic rings. The molecule has 0 bridgehead atoms. The van der Waals surface area contributed by atoms with Crippen molar-refractivity contribution in [2.45, 2.75) is 13.2 Å². The van der Waals surface area contributed by atoms with Crippen LogP contribution in [0.5, 0.6) is 11.5 Å². The summed E-state index contributed by atoms with van der Waals surface area (Å²) in [5.74, 6) is 0.665. The lowest BCUT2D eigenvalue weighted by atomic mass is 10.2. The second-order valence-corrected chi connectivity index (χ2v) is 8.56. The summed E-state index contributed by atoms with van der Waals surface area (Å²) in [4.78, 5) is 10.9. The monoisotopic (exact) mass is 547 g/mol. The second-order valence-electron chi connectivity index (χ2n) is 6.79. The van der Waals surface area contributed by atoms with E-state index in [0.717, 1.165) is 21.1 Å². The molecule has 158 valence electrons. The van der Waals surface area contributed by atoms with E-state index in [1.54, 1.807) is 24.3 Å². The van der Waals surface area contributed by atoms with E-state index < -0.39 is 6.16 Å². The molecule has 3 aromatic carbocycles. The molecular formula is C23H16Br2FNO4. The van der Waals surface area contributed by atoms with Gasteiger partial charge in [-0.15, -0.1) is 0 Å². The molecule has 1 aromatic heterocycles. The summed E-state index contributed by atoms with van der Waals surface area (Å²) in [6.45, 7) is 0.790. The summed E-state index contributed by atoms with van der Waals surface area (Å²) in [5, 5.41) is 9.65. The Hall–Kier alpha value is -2.84. The molecule has 0 radical (unpaired) electrons. The molecule has 4 rings (SSSR count). The van der Waals surface area contributed by atoms with Crippen molar-refractivity contribution in [3.05, 3.63) is 92.8 Å². The summed E-state index contributed by atoms with van der Waals surface area (Å²) in [6.07, 6.45) is 0.525. The Morgan fingerprint density at radius 1 is 1.03 bits per heavy atom. The van der Waals surface area contributed by atoms with Crippen LogP contribution in [0, 0.1) is 5.82 Å². The van der Waals surface area contributed by atoms with Crippen LogP contribution in [0.25, 0.3) is 10.9 Å². The van der Waals surface area contributed by atoms with Gasteiger partial charge in [0.2, 0.25) is 0 Å². The van der Waals surface area contributed by atoms with E-state index in [1.807, 2.05) is 41.1 Å². The maximum atomic E-state index is 13.5. The van der Waals surface area contributed by atoms with E-state index in [2.05, 4.69) is 31.9 Å². The standard InChI is InChI=1S/C23H16Br2FNO4/c24-16-5-7-21(30-13-14-4-6-19(26)18(25)10-14)15(11-16)12-27-9-8-17-20(27)2-1-3-22(17)31-23(28)29/h1-11H,12-13H2,(H,28,29). The highest BCUT2D eigenvalue weighted by atomic mass is 79.9. The van der Waals surface area contributed by atoms with Gasteiger partial charge in [0.15, 0.2) is 0 Å². The Labute approximate surface area is 194 Å². The number of benzene rings is 3. The van der Waals surface area contributed by atoms with Crippen molar-refractivity contribution in [1.82, 2.24) is 4.57 Å². The zero-order chi connectivity index (χ0) is 22.0. The van der Waals surface area contributed by atoms with E-state index in [4.69, 9.17) is 14.6 Å². The smallest absolute Gasteiger partial charge is 0.489 e. The third-order valence-electron chi connectivity index (χ3n) is 4.71. The Morgan fingerprint density at radius 3 is 2.65 bits per heavy atom. The van der Waals surface area contributed by atoms with Crippen LogP contribution >= 0.6 is 31.9 Å². The second kappa shape index (κ2) is 9.11. The van der Waals surface area contributed by atoms with Gasteiger partial charge in [-0.1, -0.05) is 28.1 Å². The molecule has 0 aliphatic heterocycles. The lowest BCUT2D eigenvalue weighted by Gasteiger charge is -2.14. The van der Waals surface area contributed by atoms with E-state index in [9.17, 15) is 9.18 Å². The van der Waals surface area contributed by atoms with Crippen LogP contribution in [0.15, 0.2) is 75.8 Å². The number of hydrogen-bond donors (Lipinski definition) is 1. The molecule has 0 atom stereocenters. The lowest BCUT2D eigenvalue weighted by molar-refractivity contribution is 0.145. The Balaban J connectivity index is 1.61. The van der Waals surface area contributed by atoms with Crippen LogP contribution in [0.3, 0.4) is 0 Å². The van der Waals surface area contributed by atoms with Gasteiger partial charge in [0.1, 0.15) is 23.9 Å². The molecule has 0 aliphatic carbocycles. The minimum atomic E-state index is -1.35. The van der Waals surface area contributed by atoms with Crippen molar-refractivity contribution < 1.29 is 23.8 Å². The first-order valence-electron chi connectivity index (χ1n) is 9.24. The number of fused-ring (bicyclic) bond motifs is 1. The zero-order valence-electron chi connectivity index (χ0n) is 16.0. The molecule has 0 amide bonds. The van der Waals surface area contributed by atoms with E-state index in [-0.39, 0.29) is 18.2 Å². The van der Waals surface area contributed by atoms with Gasteiger partial charge in [-0.05, 0) is 70.0 Å². The largest absolute Gasteiger partial charge is 0.511 e. The van der Waals surface area contributed by atoms with Gasteiger partial charge < -0.3 is 19.1 Å². The fourth-order valence-corrected chi connectivity index (χ4v) is 4.14. The topological polar surface area (TPSA) is 60.7 Å².